The summed E-state index contributed by atoms with van der Waals surface area (Å²) in [4.78, 5) is 10.8. The van der Waals surface area contributed by atoms with Gasteiger partial charge in [-0.25, -0.2) is 9.97 Å². The first-order valence-electron chi connectivity index (χ1n) is 6.17. The fourth-order valence-electron chi connectivity index (χ4n) is 2.13. The smallest absolute Gasteiger partial charge is 0.353 e. The van der Waals surface area contributed by atoms with Crippen LogP contribution in [0.15, 0.2) is 6.07 Å². The number of hydrogen-bond acceptors (Lipinski definition) is 4. The van der Waals surface area contributed by atoms with Crippen LogP contribution >= 0.6 is 11.6 Å². The Morgan fingerprint density at radius 2 is 1.90 bits per heavy atom. The monoisotopic (exact) mass is 308 g/mol. The van der Waals surface area contributed by atoms with E-state index in [1.165, 1.54) is 6.07 Å². The Kier molecular flexibility index (Phi) is 3.85. The first kappa shape index (κ1) is 15.3. The summed E-state index contributed by atoms with van der Waals surface area (Å²) in [5, 5.41) is -0.195. The minimum Gasteiger partial charge on any atom is -0.353 e. The van der Waals surface area contributed by atoms with Crippen molar-refractivity contribution in [2.24, 2.45) is 0 Å². The summed E-state index contributed by atoms with van der Waals surface area (Å²) in [6.45, 7) is 5.99. The number of halogens is 4. The molecule has 112 valence electrons. The molecule has 1 aromatic heterocycles. The standard InChI is InChI=1S/C12H16ClF3N4/c1-11(2)7-20(5-4-19(11)3)9-6-8(13)17-10(18-9)12(14,15)16/h6H,4-5,7H2,1-3H3. The molecule has 0 amide bonds. The zero-order chi connectivity index (χ0) is 15.1. The highest BCUT2D eigenvalue weighted by Gasteiger charge is 2.37. The SMILES string of the molecule is CN1CCN(c2cc(Cl)nc(C(F)(F)F)n2)CC1(C)C. The van der Waals surface area contributed by atoms with Crippen LogP contribution in [0.2, 0.25) is 5.15 Å². The van der Waals surface area contributed by atoms with E-state index in [0.717, 1.165) is 6.54 Å². The summed E-state index contributed by atoms with van der Waals surface area (Å²) in [6.07, 6.45) is -4.60. The van der Waals surface area contributed by atoms with Crippen molar-refractivity contribution in [1.82, 2.24) is 14.9 Å². The fraction of sp³-hybridized carbons (Fsp3) is 0.667. The van der Waals surface area contributed by atoms with Crippen LogP contribution in [0, 0.1) is 0 Å². The number of nitrogens with zero attached hydrogens (tertiary/aromatic N) is 4. The molecule has 1 aliphatic rings. The molecule has 0 spiro atoms. The normalized spacial score (nSPS) is 20.2. The van der Waals surface area contributed by atoms with Crippen molar-refractivity contribution in [2.45, 2.75) is 25.6 Å². The highest BCUT2D eigenvalue weighted by Crippen LogP contribution is 2.30. The van der Waals surface area contributed by atoms with Crippen molar-refractivity contribution in [3.05, 3.63) is 17.0 Å². The molecule has 0 aliphatic carbocycles. The molecule has 0 radical (unpaired) electrons. The lowest BCUT2D eigenvalue weighted by Crippen LogP contribution is -2.58. The molecule has 8 heteroatoms. The quantitative estimate of drug-likeness (QED) is 0.747. The molecule has 0 saturated carbocycles. The van der Waals surface area contributed by atoms with E-state index >= 15 is 0 Å². The first-order chi connectivity index (χ1) is 9.09. The Bertz CT molecular complexity index is 504. The van der Waals surface area contributed by atoms with Gasteiger partial charge in [-0.15, -0.1) is 0 Å². The molecule has 1 fully saturated rings. The van der Waals surface area contributed by atoms with Crippen LogP contribution in [0.4, 0.5) is 19.0 Å². The number of piperazine rings is 1. The average Bonchev–Trinajstić information content (AvgIpc) is 2.30. The molecule has 1 aliphatic heterocycles. The molecule has 1 saturated heterocycles. The maximum Gasteiger partial charge on any atom is 0.451 e. The van der Waals surface area contributed by atoms with Crippen LogP contribution < -0.4 is 4.90 Å². The molecule has 0 atom stereocenters. The van der Waals surface area contributed by atoms with Gasteiger partial charge in [0.2, 0.25) is 5.82 Å². The van der Waals surface area contributed by atoms with E-state index in [1.807, 2.05) is 25.8 Å². The van der Waals surface area contributed by atoms with Crippen LogP contribution in [0.25, 0.3) is 0 Å². The molecule has 2 rings (SSSR count). The van der Waals surface area contributed by atoms with Gasteiger partial charge in [0.1, 0.15) is 11.0 Å². The van der Waals surface area contributed by atoms with Crippen molar-refractivity contribution in [1.29, 1.82) is 0 Å². The molecule has 0 bridgehead atoms. The van der Waals surface area contributed by atoms with Gasteiger partial charge in [-0.3, -0.25) is 4.90 Å². The Morgan fingerprint density at radius 1 is 1.25 bits per heavy atom. The third-order valence-corrected chi connectivity index (χ3v) is 3.77. The lowest BCUT2D eigenvalue weighted by molar-refractivity contribution is -0.144. The zero-order valence-corrected chi connectivity index (χ0v) is 12.3. The van der Waals surface area contributed by atoms with E-state index in [9.17, 15) is 13.2 Å². The predicted molar refractivity (Wildman–Crippen MR) is 71.0 cm³/mol. The van der Waals surface area contributed by atoms with Crippen molar-refractivity contribution in [2.75, 3.05) is 31.6 Å². The van der Waals surface area contributed by atoms with E-state index in [-0.39, 0.29) is 16.5 Å². The second kappa shape index (κ2) is 5.04. The van der Waals surface area contributed by atoms with Crippen LogP contribution in [0.3, 0.4) is 0 Å². The van der Waals surface area contributed by atoms with E-state index in [4.69, 9.17) is 11.6 Å². The van der Waals surface area contributed by atoms with Crippen molar-refractivity contribution >= 4 is 17.4 Å². The summed E-state index contributed by atoms with van der Waals surface area (Å²) in [5.41, 5.74) is -0.145. The van der Waals surface area contributed by atoms with E-state index in [1.54, 1.807) is 0 Å². The number of anilines is 1. The van der Waals surface area contributed by atoms with Gasteiger partial charge in [-0.05, 0) is 20.9 Å². The van der Waals surface area contributed by atoms with Gasteiger partial charge in [0.15, 0.2) is 0 Å². The average molecular weight is 309 g/mol. The van der Waals surface area contributed by atoms with Gasteiger partial charge in [-0.2, -0.15) is 13.2 Å². The van der Waals surface area contributed by atoms with Gasteiger partial charge in [0.05, 0.1) is 0 Å². The van der Waals surface area contributed by atoms with Crippen LogP contribution in [0.1, 0.15) is 19.7 Å². The topological polar surface area (TPSA) is 32.3 Å². The second-order valence-corrected chi connectivity index (χ2v) is 5.91. The molecule has 0 aromatic carbocycles. The maximum atomic E-state index is 12.7. The first-order valence-corrected chi connectivity index (χ1v) is 6.55. The van der Waals surface area contributed by atoms with Crippen molar-refractivity contribution < 1.29 is 13.2 Å². The molecule has 1 aromatic rings. The van der Waals surface area contributed by atoms with Gasteiger partial charge in [-0.1, -0.05) is 11.6 Å². The second-order valence-electron chi connectivity index (χ2n) is 5.53. The van der Waals surface area contributed by atoms with E-state index in [2.05, 4.69) is 14.9 Å². The molecule has 2 heterocycles. The largest absolute Gasteiger partial charge is 0.451 e. The molecule has 4 nitrogen and oxygen atoms in total. The summed E-state index contributed by atoms with van der Waals surface area (Å²) in [5.74, 6) is -0.977. The van der Waals surface area contributed by atoms with E-state index in [0.29, 0.717) is 13.1 Å². The number of likely N-dealkylation sites (N-methyl/N-ethyl adjacent to an activating group) is 1. The lowest BCUT2D eigenvalue weighted by atomic mass is 10.00. The van der Waals surface area contributed by atoms with Gasteiger partial charge in [0.25, 0.3) is 0 Å². The Morgan fingerprint density at radius 3 is 2.45 bits per heavy atom. The summed E-state index contributed by atoms with van der Waals surface area (Å²) in [6, 6.07) is 1.37. The highest BCUT2D eigenvalue weighted by atomic mass is 35.5. The fourth-order valence-corrected chi connectivity index (χ4v) is 2.31. The van der Waals surface area contributed by atoms with Crippen LogP contribution in [-0.2, 0) is 6.18 Å². The summed E-state index contributed by atoms with van der Waals surface area (Å²) < 4.78 is 38.2. The lowest BCUT2D eigenvalue weighted by Gasteiger charge is -2.45. The molecular weight excluding hydrogens is 293 g/mol. The van der Waals surface area contributed by atoms with Crippen LogP contribution in [0.5, 0.6) is 0 Å². The summed E-state index contributed by atoms with van der Waals surface area (Å²) in [7, 11) is 1.99. The van der Waals surface area contributed by atoms with Gasteiger partial charge in [0, 0.05) is 31.2 Å². The van der Waals surface area contributed by atoms with Crippen LogP contribution in [-0.4, -0.2) is 47.1 Å². The highest BCUT2D eigenvalue weighted by molar-refractivity contribution is 6.29. The minimum atomic E-state index is -4.60. The molecule has 0 N–H and O–H groups in total. The molecular formula is C12H16ClF3N4. The number of aromatic nitrogens is 2. The maximum absolute atomic E-state index is 12.7. The summed E-state index contributed by atoms with van der Waals surface area (Å²) >= 11 is 5.69. The Labute approximate surface area is 120 Å². The third-order valence-electron chi connectivity index (χ3n) is 3.58. The van der Waals surface area contributed by atoms with Gasteiger partial charge < -0.3 is 4.90 Å². The van der Waals surface area contributed by atoms with E-state index < -0.39 is 12.0 Å². The number of rotatable bonds is 1. The zero-order valence-electron chi connectivity index (χ0n) is 11.5. The van der Waals surface area contributed by atoms with Gasteiger partial charge >= 0.3 is 6.18 Å². The Balaban J connectivity index is 2.32. The number of alkyl halides is 3. The number of hydrogen-bond donors (Lipinski definition) is 0. The molecule has 0 unspecified atom stereocenters. The van der Waals surface area contributed by atoms with Crippen molar-refractivity contribution in [3.8, 4) is 0 Å². The Hall–Kier alpha value is -1.08. The predicted octanol–water partition coefficient (Wildman–Crippen LogP) is 2.68. The molecule has 20 heavy (non-hydrogen) atoms. The minimum absolute atomic E-state index is 0.145. The van der Waals surface area contributed by atoms with Crippen molar-refractivity contribution in [3.63, 3.8) is 0 Å². The third kappa shape index (κ3) is 3.15.